The molecule has 0 N–H and O–H groups in total. The van der Waals surface area contributed by atoms with E-state index in [-0.39, 0.29) is 21.0 Å². The van der Waals surface area contributed by atoms with Gasteiger partial charge in [0.1, 0.15) is 16.5 Å². The summed E-state index contributed by atoms with van der Waals surface area (Å²) >= 11 is 3.00. The predicted molar refractivity (Wildman–Crippen MR) is 71.4 cm³/mol. The monoisotopic (exact) mass is 365 g/mol. The first-order chi connectivity index (χ1) is 8.88. The molecule has 0 fully saturated rings. The molecular formula is C11H6BrClFNO3S. The molecule has 0 unspecified atom stereocenters. The van der Waals surface area contributed by atoms with Gasteiger partial charge in [-0.05, 0) is 46.3 Å². The Bertz CT molecular complexity index is 724. The Morgan fingerprint density at radius 2 is 2.05 bits per heavy atom. The topological polar surface area (TPSA) is 56.3 Å². The van der Waals surface area contributed by atoms with Gasteiger partial charge in [0, 0.05) is 16.9 Å². The molecule has 0 saturated carbocycles. The van der Waals surface area contributed by atoms with Crippen LogP contribution in [-0.2, 0) is 9.05 Å². The van der Waals surface area contributed by atoms with Crippen LogP contribution in [0, 0.1) is 5.82 Å². The fraction of sp³-hybridized carbons (Fsp3) is 0. The van der Waals surface area contributed by atoms with E-state index in [1.165, 1.54) is 36.5 Å². The van der Waals surface area contributed by atoms with Gasteiger partial charge in [0.25, 0.3) is 9.05 Å². The van der Waals surface area contributed by atoms with Gasteiger partial charge in [-0.3, -0.25) is 0 Å². The zero-order valence-electron chi connectivity index (χ0n) is 9.18. The van der Waals surface area contributed by atoms with Crippen LogP contribution in [0.3, 0.4) is 0 Å². The Balaban J connectivity index is 2.41. The lowest BCUT2D eigenvalue weighted by molar-refractivity contribution is 0.446. The van der Waals surface area contributed by atoms with Gasteiger partial charge < -0.3 is 4.74 Å². The first-order valence-corrected chi connectivity index (χ1v) is 8.01. The van der Waals surface area contributed by atoms with E-state index >= 15 is 0 Å². The third kappa shape index (κ3) is 3.43. The van der Waals surface area contributed by atoms with Crippen LogP contribution in [0.1, 0.15) is 0 Å². The third-order valence-electron chi connectivity index (χ3n) is 2.10. The molecule has 19 heavy (non-hydrogen) atoms. The summed E-state index contributed by atoms with van der Waals surface area (Å²) in [7, 11) is 1.30. The van der Waals surface area contributed by atoms with Gasteiger partial charge >= 0.3 is 0 Å². The highest BCUT2D eigenvalue weighted by Gasteiger charge is 2.18. The van der Waals surface area contributed by atoms with E-state index in [0.717, 1.165) is 0 Å². The Kier molecular flexibility index (Phi) is 4.07. The number of benzene rings is 1. The van der Waals surface area contributed by atoms with Gasteiger partial charge in [-0.1, -0.05) is 0 Å². The molecule has 100 valence electrons. The second-order valence-electron chi connectivity index (χ2n) is 3.42. The first kappa shape index (κ1) is 14.2. The van der Waals surface area contributed by atoms with E-state index < -0.39 is 14.9 Å². The lowest BCUT2D eigenvalue weighted by atomic mass is 10.3. The molecule has 0 aliphatic heterocycles. The van der Waals surface area contributed by atoms with Crippen molar-refractivity contribution < 1.29 is 17.5 Å². The average Bonchev–Trinajstić information content (AvgIpc) is 2.33. The van der Waals surface area contributed by atoms with Crippen molar-refractivity contribution in [3.63, 3.8) is 0 Å². The fourth-order valence-electron chi connectivity index (χ4n) is 1.29. The van der Waals surface area contributed by atoms with Crippen LogP contribution in [0.25, 0.3) is 0 Å². The Labute approximate surface area is 121 Å². The number of aromatic nitrogens is 1. The summed E-state index contributed by atoms with van der Waals surface area (Å²) < 4.78 is 41.2. The van der Waals surface area contributed by atoms with Crippen LogP contribution < -0.4 is 4.74 Å². The van der Waals surface area contributed by atoms with Crippen LogP contribution in [0.4, 0.5) is 4.39 Å². The van der Waals surface area contributed by atoms with E-state index in [1.54, 1.807) is 0 Å². The van der Waals surface area contributed by atoms with Gasteiger partial charge in [0.15, 0.2) is 0 Å². The highest BCUT2D eigenvalue weighted by molar-refractivity contribution is 9.10. The largest absolute Gasteiger partial charge is 0.438 e. The zero-order valence-corrected chi connectivity index (χ0v) is 12.3. The minimum atomic E-state index is -3.97. The lowest BCUT2D eigenvalue weighted by Crippen LogP contribution is -1.98. The molecule has 0 aliphatic rings. The van der Waals surface area contributed by atoms with Crippen LogP contribution in [-0.4, -0.2) is 13.4 Å². The molecule has 4 nitrogen and oxygen atoms in total. The molecule has 0 bridgehead atoms. The molecule has 1 aromatic carbocycles. The van der Waals surface area contributed by atoms with Crippen molar-refractivity contribution in [2.45, 2.75) is 4.90 Å². The molecule has 0 radical (unpaired) electrons. The number of pyridine rings is 1. The summed E-state index contributed by atoms with van der Waals surface area (Å²) in [5.41, 5.74) is 0. The first-order valence-electron chi connectivity index (χ1n) is 4.90. The predicted octanol–water partition coefficient (Wildman–Crippen LogP) is 3.70. The van der Waals surface area contributed by atoms with Gasteiger partial charge in [0.05, 0.1) is 4.47 Å². The van der Waals surface area contributed by atoms with E-state index in [4.69, 9.17) is 15.4 Å². The van der Waals surface area contributed by atoms with Crippen molar-refractivity contribution in [1.29, 1.82) is 0 Å². The molecule has 1 heterocycles. The van der Waals surface area contributed by atoms with Crippen molar-refractivity contribution in [3.8, 4) is 11.6 Å². The van der Waals surface area contributed by atoms with Crippen molar-refractivity contribution in [2.24, 2.45) is 0 Å². The minimum Gasteiger partial charge on any atom is -0.438 e. The Morgan fingerprint density at radius 1 is 1.32 bits per heavy atom. The van der Waals surface area contributed by atoms with Crippen molar-refractivity contribution in [2.75, 3.05) is 0 Å². The second kappa shape index (κ2) is 5.44. The number of hydrogen-bond donors (Lipinski definition) is 0. The molecule has 0 atom stereocenters. The molecular weight excluding hydrogens is 361 g/mol. The standard InChI is InChI=1S/C11H6BrClFNO3S/c12-8-6-7(3-4-9(8)14)18-11-10(19(13,16)17)2-1-5-15-11/h1-6H. The summed E-state index contributed by atoms with van der Waals surface area (Å²) in [4.78, 5) is 3.54. The SMILES string of the molecule is O=S(=O)(Cl)c1cccnc1Oc1ccc(F)c(Br)c1. The maximum absolute atomic E-state index is 13.1. The summed E-state index contributed by atoms with van der Waals surface area (Å²) in [5.74, 6) is -0.400. The Hall–Kier alpha value is -1.18. The number of hydrogen-bond acceptors (Lipinski definition) is 4. The number of ether oxygens (including phenoxy) is 1. The van der Waals surface area contributed by atoms with E-state index in [0.29, 0.717) is 0 Å². The summed E-state index contributed by atoms with van der Waals surface area (Å²) in [6.45, 7) is 0. The van der Waals surface area contributed by atoms with Crippen LogP contribution in [0.5, 0.6) is 11.6 Å². The Morgan fingerprint density at radius 3 is 2.68 bits per heavy atom. The van der Waals surface area contributed by atoms with Crippen LogP contribution >= 0.6 is 26.6 Å². The summed E-state index contributed by atoms with van der Waals surface area (Å²) in [6.07, 6.45) is 1.36. The smallest absolute Gasteiger partial charge is 0.266 e. The minimum absolute atomic E-state index is 0.170. The van der Waals surface area contributed by atoms with Crippen molar-refractivity contribution >= 4 is 35.7 Å². The molecule has 0 saturated heterocycles. The number of halogens is 3. The quantitative estimate of drug-likeness (QED) is 0.777. The second-order valence-corrected chi connectivity index (χ2v) is 6.81. The molecule has 2 rings (SSSR count). The normalized spacial score (nSPS) is 11.3. The summed E-state index contributed by atoms with van der Waals surface area (Å²) in [5, 5.41) is 0. The molecule has 0 amide bonds. The molecule has 2 aromatic rings. The number of nitrogens with zero attached hydrogens (tertiary/aromatic N) is 1. The van der Waals surface area contributed by atoms with E-state index in [9.17, 15) is 12.8 Å². The van der Waals surface area contributed by atoms with Crippen LogP contribution in [0.2, 0.25) is 0 Å². The average molecular weight is 367 g/mol. The van der Waals surface area contributed by atoms with Crippen molar-refractivity contribution in [1.82, 2.24) is 4.98 Å². The molecule has 0 aliphatic carbocycles. The van der Waals surface area contributed by atoms with E-state index in [1.807, 2.05) is 0 Å². The van der Waals surface area contributed by atoms with Gasteiger partial charge in [-0.2, -0.15) is 0 Å². The van der Waals surface area contributed by atoms with Gasteiger partial charge in [-0.15, -0.1) is 0 Å². The lowest BCUT2D eigenvalue weighted by Gasteiger charge is -2.08. The molecule has 8 heteroatoms. The van der Waals surface area contributed by atoms with Gasteiger partial charge in [0.2, 0.25) is 5.88 Å². The third-order valence-corrected chi connectivity index (χ3v) is 4.05. The highest BCUT2D eigenvalue weighted by Crippen LogP contribution is 2.30. The van der Waals surface area contributed by atoms with Crippen molar-refractivity contribution in [3.05, 3.63) is 46.8 Å². The maximum atomic E-state index is 13.1. The molecule has 0 spiro atoms. The highest BCUT2D eigenvalue weighted by atomic mass is 79.9. The summed E-state index contributed by atoms with van der Waals surface area (Å²) in [6, 6.07) is 6.57. The fourth-order valence-corrected chi connectivity index (χ4v) is 2.54. The maximum Gasteiger partial charge on any atom is 0.266 e. The van der Waals surface area contributed by atoms with Gasteiger partial charge in [-0.25, -0.2) is 17.8 Å². The van der Waals surface area contributed by atoms with E-state index in [2.05, 4.69) is 20.9 Å². The molecule has 1 aromatic heterocycles. The number of rotatable bonds is 3. The zero-order chi connectivity index (χ0) is 14.0. The van der Waals surface area contributed by atoms with Crippen LogP contribution in [0.15, 0.2) is 45.9 Å².